The smallest absolute Gasteiger partial charge is 0.233 e. The normalized spacial score (nSPS) is 18.3. The van der Waals surface area contributed by atoms with Crippen LogP contribution in [0.2, 0.25) is 0 Å². The maximum atomic E-state index is 10.9. The first-order chi connectivity index (χ1) is 7.63. The number of primary amides is 1. The fourth-order valence-electron chi connectivity index (χ4n) is 1.98. The largest absolute Gasteiger partial charge is 0.369 e. The Morgan fingerprint density at radius 3 is 2.44 bits per heavy atom. The van der Waals surface area contributed by atoms with Gasteiger partial charge < -0.3 is 10.6 Å². The van der Waals surface area contributed by atoms with Crippen LogP contribution in [0.25, 0.3) is 0 Å². The second-order valence-electron chi connectivity index (χ2n) is 4.19. The topological polar surface area (TPSA) is 101 Å². The predicted octanol–water partition coefficient (Wildman–Crippen LogP) is -1.05. The Morgan fingerprint density at radius 1 is 1.31 bits per heavy atom. The number of hydrazine groups is 1. The van der Waals surface area contributed by atoms with Gasteiger partial charge in [-0.05, 0) is 38.9 Å². The van der Waals surface area contributed by atoms with Crippen LogP contribution >= 0.6 is 0 Å². The number of nitrogens with zero attached hydrogens (tertiary/aromatic N) is 1. The zero-order valence-corrected chi connectivity index (χ0v) is 9.45. The van der Waals surface area contributed by atoms with Gasteiger partial charge in [-0.3, -0.25) is 15.0 Å². The van der Waals surface area contributed by atoms with Crippen molar-refractivity contribution in [2.75, 3.05) is 19.6 Å². The van der Waals surface area contributed by atoms with Crippen LogP contribution in [0, 0.1) is 5.92 Å². The highest BCUT2D eigenvalue weighted by Crippen LogP contribution is 2.16. The second kappa shape index (κ2) is 6.44. The van der Waals surface area contributed by atoms with Gasteiger partial charge in [0.05, 0.1) is 0 Å². The van der Waals surface area contributed by atoms with Crippen molar-refractivity contribution in [3.63, 3.8) is 0 Å². The van der Waals surface area contributed by atoms with Gasteiger partial charge in [0.25, 0.3) is 0 Å². The first-order valence-electron chi connectivity index (χ1n) is 5.64. The molecule has 1 aliphatic heterocycles. The Labute approximate surface area is 95.3 Å². The first kappa shape index (κ1) is 12.9. The number of nitrogens with one attached hydrogen (secondary N) is 1. The van der Waals surface area contributed by atoms with Crippen LogP contribution in [0.5, 0.6) is 0 Å². The molecule has 6 heteroatoms. The molecule has 92 valence electrons. The average molecular weight is 228 g/mol. The summed E-state index contributed by atoms with van der Waals surface area (Å²) in [6.45, 7) is 2.65. The number of amides is 2. The summed E-state index contributed by atoms with van der Waals surface area (Å²) in [5.41, 5.74) is 7.35. The minimum atomic E-state index is -0.192. The Morgan fingerprint density at radius 2 is 1.94 bits per heavy atom. The third kappa shape index (κ3) is 4.16. The van der Waals surface area contributed by atoms with E-state index in [0.29, 0.717) is 6.42 Å². The molecule has 5 N–H and O–H groups in total. The molecule has 0 aromatic carbocycles. The highest BCUT2D eigenvalue weighted by molar-refractivity contribution is 5.76. The molecule has 0 aliphatic carbocycles. The minimum absolute atomic E-state index is 0.0311. The molecular formula is C10H20N4O2. The van der Waals surface area contributed by atoms with Gasteiger partial charge in [0.2, 0.25) is 11.8 Å². The van der Waals surface area contributed by atoms with Crippen LogP contribution in [-0.2, 0) is 9.59 Å². The van der Waals surface area contributed by atoms with Crippen molar-refractivity contribution in [1.82, 2.24) is 10.3 Å². The molecule has 1 aliphatic rings. The molecule has 0 unspecified atom stereocenters. The monoisotopic (exact) mass is 228 g/mol. The van der Waals surface area contributed by atoms with E-state index in [2.05, 4.69) is 10.3 Å². The van der Waals surface area contributed by atoms with Crippen molar-refractivity contribution in [3.8, 4) is 0 Å². The highest BCUT2D eigenvalue weighted by atomic mass is 16.2. The Balaban J connectivity index is 2.13. The minimum Gasteiger partial charge on any atom is -0.369 e. The molecule has 1 fully saturated rings. The van der Waals surface area contributed by atoms with Gasteiger partial charge in [0.15, 0.2) is 0 Å². The summed E-state index contributed by atoms with van der Waals surface area (Å²) < 4.78 is 0. The number of rotatable bonds is 5. The van der Waals surface area contributed by atoms with Gasteiger partial charge in [-0.15, -0.1) is 0 Å². The summed E-state index contributed by atoms with van der Waals surface area (Å²) >= 11 is 0. The molecule has 0 aromatic heterocycles. The number of nitrogens with two attached hydrogens (primary N) is 2. The highest BCUT2D eigenvalue weighted by Gasteiger charge is 2.22. The van der Waals surface area contributed by atoms with Gasteiger partial charge in [-0.2, -0.15) is 0 Å². The molecule has 16 heavy (non-hydrogen) atoms. The van der Waals surface area contributed by atoms with Crippen LogP contribution in [0.3, 0.4) is 0 Å². The summed E-state index contributed by atoms with van der Waals surface area (Å²) in [4.78, 5) is 24.1. The summed E-state index contributed by atoms with van der Waals surface area (Å²) in [6.07, 6.45) is 2.91. The Hall–Kier alpha value is -1.14. The zero-order chi connectivity index (χ0) is 12.0. The number of carbonyl (C=O) groups is 2. The molecule has 1 rings (SSSR count). The first-order valence-corrected chi connectivity index (χ1v) is 5.64. The third-order valence-corrected chi connectivity index (χ3v) is 3.03. The van der Waals surface area contributed by atoms with E-state index in [-0.39, 0.29) is 17.7 Å². The summed E-state index contributed by atoms with van der Waals surface area (Å²) in [7, 11) is 0. The lowest BCUT2D eigenvalue weighted by Crippen LogP contribution is -2.39. The lowest BCUT2D eigenvalue weighted by atomic mass is 9.96. The molecule has 6 nitrogen and oxygen atoms in total. The van der Waals surface area contributed by atoms with E-state index < -0.39 is 0 Å². The number of hydrogen-bond acceptors (Lipinski definition) is 4. The van der Waals surface area contributed by atoms with Crippen molar-refractivity contribution in [2.24, 2.45) is 17.5 Å². The third-order valence-electron chi connectivity index (χ3n) is 3.03. The number of piperidine rings is 1. The van der Waals surface area contributed by atoms with Crippen molar-refractivity contribution < 1.29 is 9.59 Å². The zero-order valence-electron chi connectivity index (χ0n) is 9.45. The van der Waals surface area contributed by atoms with Crippen molar-refractivity contribution in [1.29, 1.82) is 0 Å². The fraction of sp³-hybridized carbons (Fsp3) is 0.800. The molecule has 0 bridgehead atoms. The van der Waals surface area contributed by atoms with Crippen LogP contribution in [0.1, 0.15) is 25.7 Å². The quantitative estimate of drug-likeness (QED) is 0.317. The lowest BCUT2D eigenvalue weighted by Gasteiger charge is -2.30. The average Bonchev–Trinajstić information content (AvgIpc) is 2.29. The molecule has 0 spiro atoms. The van der Waals surface area contributed by atoms with E-state index in [1.807, 2.05) is 0 Å². The lowest BCUT2D eigenvalue weighted by molar-refractivity contribution is -0.123. The van der Waals surface area contributed by atoms with E-state index in [1.165, 1.54) is 0 Å². The fourth-order valence-corrected chi connectivity index (χ4v) is 1.98. The Kier molecular flexibility index (Phi) is 5.21. The van der Waals surface area contributed by atoms with Gasteiger partial charge in [0.1, 0.15) is 0 Å². The molecule has 0 atom stereocenters. The molecule has 0 aromatic rings. The SMILES string of the molecule is NNC(=O)CCCN1CCC(C(N)=O)CC1. The molecule has 2 amide bonds. The number of hydrogen-bond donors (Lipinski definition) is 3. The van der Waals surface area contributed by atoms with Gasteiger partial charge >= 0.3 is 0 Å². The van der Waals surface area contributed by atoms with Gasteiger partial charge in [-0.25, -0.2) is 5.84 Å². The van der Waals surface area contributed by atoms with Crippen LogP contribution in [0.4, 0.5) is 0 Å². The summed E-state index contributed by atoms with van der Waals surface area (Å²) in [5.74, 6) is 4.68. The number of carbonyl (C=O) groups excluding carboxylic acids is 2. The van der Waals surface area contributed by atoms with E-state index in [9.17, 15) is 9.59 Å². The van der Waals surface area contributed by atoms with Gasteiger partial charge in [-0.1, -0.05) is 0 Å². The number of likely N-dealkylation sites (tertiary alicyclic amines) is 1. The maximum absolute atomic E-state index is 10.9. The molecule has 0 radical (unpaired) electrons. The van der Waals surface area contributed by atoms with Crippen LogP contribution in [0.15, 0.2) is 0 Å². The Bertz CT molecular complexity index is 249. The second-order valence-corrected chi connectivity index (χ2v) is 4.19. The van der Waals surface area contributed by atoms with Crippen molar-refractivity contribution >= 4 is 11.8 Å². The van der Waals surface area contributed by atoms with E-state index in [4.69, 9.17) is 11.6 Å². The van der Waals surface area contributed by atoms with Crippen LogP contribution in [-0.4, -0.2) is 36.3 Å². The van der Waals surface area contributed by atoms with E-state index in [1.54, 1.807) is 0 Å². The van der Waals surface area contributed by atoms with Gasteiger partial charge in [0, 0.05) is 12.3 Å². The van der Waals surface area contributed by atoms with E-state index >= 15 is 0 Å². The molecule has 0 saturated carbocycles. The standard InChI is InChI=1S/C10H20N4O2/c11-10(16)8-3-6-14(7-4-8)5-1-2-9(15)13-12/h8H,1-7,12H2,(H2,11,16)(H,13,15). The van der Waals surface area contributed by atoms with Crippen molar-refractivity contribution in [3.05, 3.63) is 0 Å². The van der Waals surface area contributed by atoms with Crippen molar-refractivity contribution in [2.45, 2.75) is 25.7 Å². The molecule has 1 heterocycles. The summed E-state index contributed by atoms with van der Waals surface area (Å²) in [6, 6.07) is 0. The predicted molar refractivity (Wildman–Crippen MR) is 59.9 cm³/mol. The summed E-state index contributed by atoms with van der Waals surface area (Å²) in [5, 5.41) is 0. The van der Waals surface area contributed by atoms with Crippen LogP contribution < -0.4 is 17.0 Å². The maximum Gasteiger partial charge on any atom is 0.233 e. The van der Waals surface area contributed by atoms with E-state index in [0.717, 1.165) is 38.9 Å². The molecule has 1 saturated heterocycles. The molecular weight excluding hydrogens is 208 g/mol.